The molecule has 0 unspecified atom stereocenters. The Morgan fingerprint density at radius 1 is 1.35 bits per heavy atom. The lowest BCUT2D eigenvalue weighted by atomic mass is 10.2. The van der Waals surface area contributed by atoms with E-state index in [4.69, 9.17) is 4.74 Å². The first-order valence-corrected chi connectivity index (χ1v) is 8.69. The van der Waals surface area contributed by atoms with E-state index in [1.54, 1.807) is 0 Å². The van der Waals surface area contributed by atoms with E-state index in [9.17, 15) is 9.59 Å². The Morgan fingerprint density at radius 3 is 2.83 bits per heavy atom. The van der Waals surface area contributed by atoms with Crippen molar-refractivity contribution in [3.63, 3.8) is 0 Å². The van der Waals surface area contributed by atoms with Crippen LogP contribution in [-0.4, -0.2) is 23.4 Å². The third kappa shape index (κ3) is 3.56. The highest BCUT2D eigenvalue weighted by molar-refractivity contribution is 9.10. The molecule has 2 heterocycles. The lowest BCUT2D eigenvalue weighted by Crippen LogP contribution is -2.35. The molecular formula is C16H15BrN2O3S. The van der Waals surface area contributed by atoms with Crippen molar-refractivity contribution in [3.8, 4) is 0 Å². The number of hydrogen-bond acceptors (Lipinski definition) is 4. The number of nitrogens with zero attached hydrogens (tertiary/aromatic N) is 1. The van der Waals surface area contributed by atoms with Crippen molar-refractivity contribution in [1.29, 1.82) is 0 Å². The molecule has 0 bridgehead atoms. The van der Waals surface area contributed by atoms with Gasteiger partial charge in [0, 0.05) is 14.9 Å². The first-order valence-electron chi connectivity index (χ1n) is 7.08. The predicted octanol–water partition coefficient (Wildman–Crippen LogP) is 3.91. The van der Waals surface area contributed by atoms with Crippen LogP contribution < -0.4 is 5.32 Å². The Labute approximate surface area is 146 Å². The number of carbonyl (C=O) groups is 2. The van der Waals surface area contributed by atoms with E-state index in [1.807, 2.05) is 37.3 Å². The van der Waals surface area contributed by atoms with Crippen LogP contribution in [0, 0.1) is 6.92 Å². The predicted molar refractivity (Wildman–Crippen MR) is 92.4 cm³/mol. The highest BCUT2D eigenvalue weighted by Gasteiger charge is 2.27. The summed E-state index contributed by atoms with van der Waals surface area (Å²) >= 11 is 5.02. The number of thiophene rings is 1. The average Bonchev–Trinajstić information content (AvgIpc) is 2.71. The van der Waals surface area contributed by atoms with Gasteiger partial charge >= 0.3 is 6.09 Å². The standard InChI is InChI=1S/C16H15BrN2O3S/c1-10-14(17)12-7-19(8-13(20)18-15(12)23-10)16(21)22-9-11-5-3-2-4-6-11/h2-6H,7-9H2,1H3,(H,18,20). The molecule has 1 aliphatic heterocycles. The van der Waals surface area contributed by atoms with Crippen LogP contribution in [0.15, 0.2) is 34.8 Å². The summed E-state index contributed by atoms with van der Waals surface area (Å²) in [5, 5.41) is 3.63. The summed E-state index contributed by atoms with van der Waals surface area (Å²) in [6.07, 6.45) is -0.493. The molecule has 0 atom stereocenters. The minimum atomic E-state index is -0.493. The summed E-state index contributed by atoms with van der Waals surface area (Å²) in [7, 11) is 0. The lowest BCUT2D eigenvalue weighted by Gasteiger charge is -2.19. The number of nitrogens with one attached hydrogen (secondary N) is 1. The maximum Gasteiger partial charge on any atom is 0.410 e. The van der Waals surface area contributed by atoms with Gasteiger partial charge in [-0.2, -0.15) is 0 Å². The zero-order valence-corrected chi connectivity index (χ0v) is 14.9. The van der Waals surface area contributed by atoms with E-state index in [0.717, 1.165) is 25.5 Å². The second-order valence-electron chi connectivity index (χ2n) is 5.22. The lowest BCUT2D eigenvalue weighted by molar-refractivity contribution is -0.117. The van der Waals surface area contributed by atoms with Crippen molar-refractivity contribution in [2.24, 2.45) is 0 Å². The minimum absolute atomic E-state index is 0.0134. The summed E-state index contributed by atoms with van der Waals surface area (Å²) in [4.78, 5) is 26.8. The maximum absolute atomic E-state index is 12.3. The molecule has 23 heavy (non-hydrogen) atoms. The molecule has 0 spiro atoms. The zero-order valence-electron chi connectivity index (χ0n) is 12.5. The number of aryl methyl sites for hydroxylation is 1. The maximum atomic E-state index is 12.3. The minimum Gasteiger partial charge on any atom is -0.445 e. The number of anilines is 1. The molecule has 0 saturated carbocycles. The van der Waals surface area contributed by atoms with Crippen LogP contribution in [0.5, 0.6) is 0 Å². The molecule has 2 amide bonds. The Morgan fingerprint density at radius 2 is 2.09 bits per heavy atom. The molecule has 0 fully saturated rings. The van der Waals surface area contributed by atoms with Crippen molar-refractivity contribution in [2.45, 2.75) is 20.1 Å². The SMILES string of the molecule is Cc1sc2c(c1Br)CN(C(=O)OCc1ccccc1)CC(=O)N2. The third-order valence-corrected chi connectivity index (χ3v) is 5.90. The van der Waals surface area contributed by atoms with Crippen molar-refractivity contribution in [3.05, 3.63) is 50.8 Å². The van der Waals surface area contributed by atoms with Gasteiger partial charge in [-0.3, -0.25) is 9.69 Å². The van der Waals surface area contributed by atoms with E-state index in [-0.39, 0.29) is 19.1 Å². The smallest absolute Gasteiger partial charge is 0.410 e. The first-order chi connectivity index (χ1) is 11.0. The Kier molecular flexibility index (Phi) is 4.68. The van der Waals surface area contributed by atoms with Gasteiger partial charge in [0.15, 0.2) is 0 Å². The summed E-state index contributed by atoms with van der Waals surface area (Å²) < 4.78 is 6.26. The largest absolute Gasteiger partial charge is 0.445 e. The number of hydrogen-bond donors (Lipinski definition) is 1. The molecule has 1 aromatic carbocycles. The number of ether oxygens (including phenoxy) is 1. The quantitative estimate of drug-likeness (QED) is 0.839. The molecule has 0 radical (unpaired) electrons. The van der Waals surface area contributed by atoms with Crippen LogP contribution in [0.4, 0.5) is 9.80 Å². The molecule has 7 heteroatoms. The van der Waals surface area contributed by atoms with Crippen LogP contribution in [-0.2, 0) is 22.7 Å². The van der Waals surface area contributed by atoms with Crippen molar-refractivity contribution < 1.29 is 14.3 Å². The average molecular weight is 395 g/mol. The third-order valence-electron chi connectivity index (χ3n) is 3.50. The van der Waals surface area contributed by atoms with E-state index in [1.165, 1.54) is 16.2 Å². The Balaban J connectivity index is 1.73. The number of amides is 2. The monoisotopic (exact) mass is 394 g/mol. The molecule has 1 aliphatic rings. The fourth-order valence-corrected chi connectivity index (χ4v) is 4.01. The molecule has 5 nitrogen and oxygen atoms in total. The van der Waals surface area contributed by atoms with Gasteiger partial charge < -0.3 is 10.1 Å². The summed E-state index contributed by atoms with van der Waals surface area (Å²) in [6, 6.07) is 9.46. The fraction of sp³-hybridized carbons (Fsp3) is 0.250. The van der Waals surface area contributed by atoms with Crippen LogP contribution >= 0.6 is 27.3 Å². The van der Waals surface area contributed by atoms with Crippen molar-refractivity contribution in [2.75, 3.05) is 11.9 Å². The second-order valence-corrected chi connectivity index (χ2v) is 7.24. The molecule has 2 aromatic rings. The topological polar surface area (TPSA) is 58.6 Å². The Bertz CT molecular complexity index is 745. The summed E-state index contributed by atoms with van der Waals surface area (Å²) in [5.74, 6) is -0.214. The second kappa shape index (κ2) is 6.72. The molecule has 0 aliphatic carbocycles. The van der Waals surface area contributed by atoms with Gasteiger partial charge in [-0.25, -0.2) is 4.79 Å². The Hall–Kier alpha value is -1.86. The number of halogens is 1. The highest BCUT2D eigenvalue weighted by atomic mass is 79.9. The van der Waals surface area contributed by atoms with Gasteiger partial charge in [0.2, 0.25) is 5.91 Å². The van der Waals surface area contributed by atoms with Crippen LogP contribution in [0.2, 0.25) is 0 Å². The fourth-order valence-electron chi connectivity index (χ4n) is 2.34. The van der Waals surface area contributed by atoms with Crippen molar-refractivity contribution in [1.82, 2.24) is 4.90 Å². The number of rotatable bonds is 2. The molecule has 120 valence electrons. The van der Waals surface area contributed by atoms with Gasteiger partial charge in [-0.1, -0.05) is 30.3 Å². The van der Waals surface area contributed by atoms with Crippen LogP contribution in [0.25, 0.3) is 0 Å². The van der Waals surface area contributed by atoms with E-state index < -0.39 is 6.09 Å². The van der Waals surface area contributed by atoms with Gasteiger partial charge in [-0.15, -0.1) is 11.3 Å². The van der Waals surface area contributed by atoms with Gasteiger partial charge in [-0.05, 0) is 28.4 Å². The zero-order chi connectivity index (χ0) is 16.4. The van der Waals surface area contributed by atoms with Gasteiger partial charge in [0.25, 0.3) is 0 Å². The number of fused-ring (bicyclic) bond motifs is 1. The van der Waals surface area contributed by atoms with E-state index >= 15 is 0 Å². The number of benzene rings is 1. The molecule has 1 N–H and O–H groups in total. The molecule has 1 aromatic heterocycles. The van der Waals surface area contributed by atoms with Crippen LogP contribution in [0.1, 0.15) is 16.0 Å². The van der Waals surface area contributed by atoms with E-state index in [0.29, 0.717) is 6.54 Å². The van der Waals surface area contributed by atoms with Gasteiger partial charge in [0.05, 0.1) is 6.54 Å². The van der Waals surface area contributed by atoms with E-state index in [2.05, 4.69) is 21.2 Å². The number of carbonyl (C=O) groups excluding carboxylic acids is 2. The normalized spacial score (nSPS) is 14.0. The summed E-state index contributed by atoms with van der Waals surface area (Å²) in [5.41, 5.74) is 1.82. The molecule has 0 saturated heterocycles. The summed E-state index contributed by atoms with van der Waals surface area (Å²) in [6.45, 7) is 2.48. The van der Waals surface area contributed by atoms with Gasteiger partial charge in [0.1, 0.15) is 18.2 Å². The van der Waals surface area contributed by atoms with Crippen molar-refractivity contribution >= 4 is 44.3 Å². The molecular weight excluding hydrogens is 380 g/mol. The molecule has 3 rings (SSSR count). The highest BCUT2D eigenvalue weighted by Crippen LogP contribution is 2.38. The first kappa shape index (κ1) is 16.0. The van der Waals surface area contributed by atoms with Crippen LogP contribution in [0.3, 0.4) is 0 Å².